The van der Waals surface area contributed by atoms with Crippen molar-refractivity contribution in [3.63, 3.8) is 0 Å². The highest BCUT2D eigenvalue weighted by molar-refractivity contribution is 5.83. The predicted molar refractivity (Wildman–Crippen MR) is 199 cm³/mol. The molecule has 53 heavy (non-hydrogen) atoms. The van der Waals surface area contributed by atoms with Gasteiger partial charge in [0.1, 0.15) is 29.7 Å². The minimum Gasteiger partial charge on any atom is -0.459 e. The number of methoxy groups -OCH3 is 2. The van der Waals surface area contributed by atoms with E-state index in [-0.39, 0.29) is 37.3 Å². The van der Waals surface area contributed by atoms with Crippen molar-refractivity contribution in [1.29, 1.82) is 0 Å². The molecule has 13 nitrogen and oxygen atoms in total. The number of cyclic esters (lactones) is 1. The van der Waals surface area contributed by atoms with Crippen molar-refractivity contribution in [3.8, 4) is 0 Å². The fourth-order valence-electron chi connectivity index (χ4n) is 8.26. The lowest BCUT2D eigenvalue weighted by Crippen LogP contribution is -2.61. The van der Waals surface area contributed by atoms with E-state index in [1.807, 2.05) is 57.1 Å². The first-order chi connectivity index (χ1) is 24.7. The van der Waals surface area contributed by atoms with Crippen LogP contribution in [0.5, 0.6) is 0 Å². The maximum Gasteiger partial charge on any atom is 0.407 e. The Labute approximate surface area is 316 Å². The molecule has 1 aromatic carbocycles. The van der Waals surface area contributed by atoms with Crippen molar-refractivity contribution in [2.45, 2.75) is 148 Å². The Morgan fingerprint density at radius 2 is 1.64 bits per heavy atom. The van der Waals surface area contributed by atoms with E-state index in [2.05, 4.69) is 5.32 Å². The van der Waals surface area contributed by atoms with Gasteiger partial charge in [-0.05, 0) is 73.5 Å². The van der Waals surface area contributed by atoms with E-state index in [9.17, 15) is 24.6 Å². The fraction of sp³-hybridized carbons (Fsp3) is 0.775. The Bertz CT molecular complexity index is 1360. The van der Waals surface area contributed by atoms with E-state index < -0.39 is 83.7 Å². The lowest BCUT2D eigenvalue weighted by Gasteiger charge is -2.48. The minimum absolute atomic E-state index is 0.137. The quantitative estimate of drug-likeness (QED) is 0.306. The molecule has 2 fully saturated rings. The first-order valence-corrected chi connectivity index (χ1v) is 18.9. The van der Waals surface area contributed by atoms with Crippen molar-refractivity contribution in [3.05, 3.63) is 35.4 Å². The molecule has 0 aromatic heterocycles. The number of rotatable bonds is 9. The predicted octanol–water partition coefficient (Wildman–Crippen LogP) is 4.41. The van der Waals surface area contributed by atoms with Crippen molar-refractivity contribution < 1.29 is 53.0 Å². The molecule has 14 atom stereocenters. The number of esters is 1. The molecule has 2 aliphatic heterocycles. The summed E-state index contributed by atoms with van der Waals surface area (Å²) in [7, 11) is 6.67. The molecular formula is C40H66N2O11. The molecule has 0 bridgehead atoms. The van der Waals surface area contributed by atoms with E-state index in [1.54, 1.807) is 41.5 Å². The first-order valence-electron chi connectivity index (χ1n) is 18.9. The highest BCUT2D eigenvalue weighted by Gasteiger charge is 2.53. The molecule has 13 heteroatoms. The third-order valence-corrected chi connectivity index (χ3v) is 11.5. The molecule has 2 aliphatic rings. The topological polar surface area (TPSA) is 162 Å². The van der Waals surface area contributed by atoms with Crippen LogP contribution in [0.2, 0.25) is 0 Å². The van der Waals surface area contributed by atoms with Gasteiger partial charge in [-0.1, -0.05) is 57.5 Å². The number of aliphatic hydroxyl groups is 2. The zero-order chi connectivity index (χ0) is 40.0. The number of ketones is 1. The zero-order valence-electron chi connectivity index (χ0n) is 34.1. The van der Waals surface area contributed by atoms with Gasteiger partial charge in [-0.3, -0.25) is 9.59 Å². The number of nitrogens with one attached hydrogen (secondary N) is 1. The number of alkyl carbamates (subject to hydrolysis) is 1. The maximum atomic E-state index is 14.2. The summed E-state index contributed by atoms with van der Waals surface area (Å²) in [6.45, 7) is 16.0. The van der Waals surface area contributed by atoms with Crippen LogP contribution in [-0.4, -0.2) is 121 Å². The number of benzene rings is 1. The maximum absolute atomic E-state index is 14.2. The van der Waals surface area contributed by atoms with E-state index in [1.165, 1.54) is 21.1 Å². The van der Waals surface area contributed by atoms with Crippen LogP contribution in [0.4, 0.5) is 4.79 Å². The van der Waals surface area contributed by atoms with Crippen molar-refractivity contribution >= 4 is 17.8 Å². The number of nitrogens with zero attached hydrogens (tertiary/aromatic N) is 1. The van der Waals surface area contributed by atoms with Gasteiger partial charge in [-0.25, -0.2) is 4.79 Å². The lowest BCUT2D eigenvalue weighted by atomic mass is 9.73. The van der Waals surface area contributed by atoms with Gasteiger partial charge in [0.2, 0.25) is 0 Å². The Morgan fingerprint density at radius 1 is 1.02 bits per heavy atom. The number of likely N-dealkylation sites (N-methyl/N-ethyl adjacent to an activating group) is 1. The summed E-state index contributed by atoms with van der Waals surface area (Å²) in [6.07, 6.45) is -6.55. The van der Waals surface area contributed by atoms with Crippen molar-refractivity contribution in [2.75, 3.05) is 28.3 Å². The summed E-state index contributed by atoms with van der Waals surface area (Å²) in [6, 6.07) is 7.40. The summed E-state index contributed by atoms with van der Waals surface area (Å²) >= 11 is 0. The largest absolute Gasteiger partial charge is 0.459 e. The van der Waals surface area contributed by atoms with Crippen LogP contribution in [0.15, 0.2) is 24.3 Å². The lowest BCUT2D eigenvalue weighted by molar-refractivity contribution is -0.301. The Kier molecular flexibility index (Phi) is 15.9. The molecule has 2 saturated heterocycles. The zero-order valence-corrected chi connectivity index (χ0v) is 34.1. The van der Waals surface area contributed by atoms with Gasteiger partial charge >= 0.3 is 12.1 Å². The third kappa shape index (κ3) is 10.6. The highest BCUT2D eigenvalue weighted by atomic mass is 16.7. The van der Waals surface area contributed by atoms with Gasteiger partial charge in [-0.2, -0.15) is 0 Å². The number of ether oxygens (including phenoxy) is 6. The Hall–Kier alpha value is -2.65. The molecule has 3 rings (SSSR count). The number of hydrogen-bond acceptors (Lipinski definition) is 12. The van der Waals surface area contributed by atoms with Crippen LogP contribution in [0.3, 0.4) is 0 Å². The molecule has 0 aliphatic carbocycles. The molecule has 2 heterocycles. The molecule has 302 valence electrons. The average Bonchev–Trinajstić information content (AvgIpc) is 3.10. The van der Waals surface area contributed by atoms with Crippen LogP contribution >= 0.6 is 0 Å². The van der Waals surface area contributed by atoms with Gasteiger partial charge < -0.3 is 48.9 Å². The molecular weight excluding hydrogens is 684 g/mol. The monoisotopic (exact) mass is 750 g/mol. The second-order valence-electron chi connectivity index (χ2n) is 16.0. The molecule has 3 N–H and O–H groups in total. The number of hydrogen-bond donors (Lipinski definition) is 3. The van der Waals surface area contributed by atoms with E-state index in [0.717, 1.165) is 11.1 Å². The molecule has 0 radical (unpaired) electrons. The van der Waals surface area contributed by atoms with Crippen molar-refractivity contribution in [2.24, 2.45) is 23.7 Å². The van der Waals surface area contributed by atoms with Crippen LogP contribution < -0.4 is 5.32 Å². The number of aryl methyl sites for hydroxylation is 1. The number of Topliss-reactive ketones (excluding diaryl/α,β-unsaturated/α-hetero) is 1. The summed E-state index contributed by atoms with van der Waals surface area (Å²) in [5.74, 6) is -4.22. The summed E-state index contributed by atoms with van der Waals surface area (Å²) in [5.41, 5.74) is -1.07. The highest BCUT2D eigenvalue weighted by Crippen LogP contribution is 2.40. The molecule has 1 amide bonds. The molecule has 0 spiro atoms. The normalized spacial score (nSPS) is 39.2. The third-order valence-electron chi connectivity index (χ3n) is 11.5. The summed E-state index contributed by atoms with van der Waals surface area (Å²) in [4.78, 5) is 43.8. The van der Waals surface area contributed by atoms with E-state index >= 15 is 0 Å². The molecule has 1 aromatic rings. The Morgan fingerprint density at radius 3 is 2.19 bits per heavy atom. The average molecular weight is 751 g/mol. The number of carbonyl (C=O) groups excluding carboxylic acids is 3. The van der Waals surface area contributed by atoms with Crippen LogP contribution in [0, 0.1) is 30.6 Å². The van der Waals surface area contributed by atoms with Gasteiger partial charge in [0, 0.05) is 44.6 Å². The summed E-state index contributed by atoms with van der Waals surface area (Å²) < 4.78 is 37.1. The van der Waals surface area contributed by atoms with Crippen LogP contribution in [0.1, 0.15) is 85.8 Å². The molecule has 0 saturated carbocycles. The SMILES string of the molecule is CC[C@H]1OC(=O)[C@H](C)[C@@H](OC(=O)NCc2ccc(C)cc2)[C@H](C)[C@@H](O[C@@H]2O[C@H](C)C[C@H](N(C)C)[C@H]2O)[C@](C)(OC)C[C@@H](C)C(=O)[C@@H](C)[C@@H](OC)[C@]1(C)O. The minimum atomic E-state index is -1.75. The molecule has 0 unspecified atom stereocenters. The second kappa shape index (κ2) is 18.8. The Balaban J connectivity index is 2.16. The first kappa shape index (κ1) is 44.7. The number of amides is 1. The van der Waals surface area contributed by atoms with E-state index in [4.69, 9.17) is 28.4 Å². The standard InChI is InChI=1S/C40H66N2O11/c1-14-30-40(9,47)35(48-12)25(5)31(43)23(3)20-39(8,49-13)34(53-37-32(44)29(42(10)11)19-24(4)50-37)26(6)33(27(7)36(45)51-30)52-38(46)41-21-28-17-15-22(2)16-18-28/h15-18,23-27,29-30,32-35,37,44,47H,14,19-21H2,1-13H3,(H,41,46)/t23-,24-,25-,26+,27-,29+,30-,32-,33+,34-,35-,37+,39-,40-/m1/s1. The van der Waals surface area contributed by atoms with Gasteiger partial charge in [-0.15, -0.1) is 0 Å². The van der Waals surface area contributed by atoms with Crippen molar-refractivity contribution in [1.82, 2.24) is 10.2 Å². The van der Waals surface area contributed by atoms with Gasteiger partial charge in [0.15, 0.2) is 6.29 Å². The van der Waals surface area contributed by atoms with E-state index in [0.29, 0.717) is 6.42 Å². The number of carbonyl (C=O) groups is 3. The summed E-state index contributed by atoms with van der Waals surface area (Å²) in [5, 5.41) is 26.2. The van der Waals surface area contributed by atoms with Gasteiger partial charge in [0.05, 0.1) is 29.8 Å². The van der Waals surface area contributed by atoms with Crippen LogP contribution in [-0.2, 0) is 44.6 Å². The van der Waals surface area contributed by atoms with Crippen LogP contribution in [0.25, 0.3) is 0 Å². The smallest absolute Gasteiger partial charge is 0.407 e. The second-order valence-corrected chi connectivity index (χ2v) is 16.0. The van der Waals surface area contributed by atoms with Gasteiger partial charge in [0.25, 0.3) is 0 Å². The fourth-order valence-corrected chi connectivity index (χ4v) is 8.26. The number of aliphatic hydroxyl groups excluding tert-OH is 1.